The highest BCUT2D eigenvalue weighted by Gasteiger charge is 2.26. The van der Waals surface area contributed by atoms with Gasteiger partial charge < -0.3 is 28.4 Å². The zero-order chi connectivity index (χ0) is 27.2. The van der Waals surface area contributed by atoms with Crippen molar-refractivity contribution in [1.29, 1.82) is 0 Å². The van der Waals surface area contributed by atoms with Crippen LogP contribution in [-0.2, 0) is 13.1 Å². The smallest absolute Gasteiger partial charge is 0.275 e. The van der Waals surface area contributed by atoms with Gasteiger partial charge in [0, 0.05) is 70.2 Å². The molecule has 2 aliphatic rings. The monoisotopic (exact) mass is 535 g/mol. The van der Waals surface area contributed by atoms with Gasteiger partial charge in [0.1, 0.15) is 6.26 Å². The van der Waals surface area contributed by atoms with Gasteiger partial charge in [-0.1, -0.05) is 24.3 Å². The first-order valence-corrected chi connectivity index (χ1v) is 13.4. The molecule has 0 bridgehead atoms. The first kappa shape index (κ1) is 26.8. The molecule has 0 radical (unpaired) electrons. The van der Waals surface area contributed by atoms with Gasteiger partial charge in [0.25, 0.3) is 5.91 Å². The standard InChI is InChI=1S/C29H37N5O5/c1-36-25-10-9-22(27(37-2)28(25)38-3)19-31-11-13-32(14-12-31)20-26-30-24(21-39-26)29(35)34-17-15-33(16-18-34)23-7-5-4-6-8-23/h4-10,21H,11-20H2,1-3H3. The Morgan fingerprint density at radius 3 is 2.10 bits per heavy atom. The fraction of sp³-hybridized carbons (Fsp3) is 0.448. The minimum Gasteiger partial charge on any atom is -0.493 e. The van der Waals surface area contributed by atoms with Gasteiger partial charge in [0.2, 0.25) is 11.6 Å². The van der Waals surface area contributed by atoms with Crippen LogP contribution in [0.25, 0.3) is 0 Å². The fourth-order valence-electron chi connectivity index (χ4n) is 5.28. The molecule has 2 aromatic carbocycles. The van der Waals surface area contributed by atoms with Crippen molar-refractivity contribution in [3.05, 3.63) is 65.9 Å². The van der Waals surface area contributed by atoms with Crippen LogP contribution in [0.15, 0.2) is 53.1 Å². The van der Waals surface area contributed by atoms with E-state index in [1.54, 1.807) is 21.3 Å². The van der Waals surface area contributed by atoms with Crippen LogP contribution in [-0.4, -0.2) is 99.3 Å². The van der Waals surface area contributed by atoms with Gasteiger partial charge >= 0.3 is 0 Å². The van der Waals surface area contributed by atoms with E-state index in [0.29, 0.717) is 48.5 Å². The maximum absolute atomic E-state index is 13.0. The SMILES string of the molecule is COc1ccc(CN2CCN(Cc3nc(C(=O)N4CCN(c5ccccc5)CC4)co3)CC2)c(OC)c1OC. The largest absolute Gasteiger partial charge is 0.493 e. The number of para-hydroxylation sites is 1. The number of benzene rings is 2. The summed E-state index contributed by atoms with van der Waals surface area (Å²) in [5, 5.41) is 0. The van der Waals surface area contributed by atoms with Crippen molar-refractivity contribution >= 4 is 11.6 Å². The number of aromatic nitrogens is 1. The van der Waals surface area contributed by atoms with Gasteiger partial charge in [0.05, 0.1) is 27.9 Å². The lowest BCUT2D eigenvalue weighted by atomic mass is 10.1. The van der Waals surface area contributed by atoms with Crippen LogP contribution in [0.5, 0.6) is 17.2 Å². The molecule has 1 amide bonds. The lowest BCUT2D eigenvalue weighted by Gasteiger charge is -2.35. The van der Waals surface area contributed by atoms with Crippen molar-refractivity contribution < 1.29 is 23.4 Å². The van der Waals surface area contributed by atoms with Crippen LogP contribution in [0.4, 0.5) is 5.69 Å². The normalized spacial score (nSPS) is 16.8. The lowest BCUT2D eigenvalue weighted by Crippen LogP contribution is -2.48. The van der Waals surface area contributed by atoms with Crippen LogP contribution >= 0.6 is 0 Å². The molecule has 0 unspecified atom stereocenters. The van der Waals surface area contributed by atoms with Crippen molar-refractivity contribution in [2.45, 2.75) is 13.1 Å². The van der Waals surface area contributed by atoms with Crippen LogP contribution in [0.2, 0.25) is 0 Å². The van der Waals surface area contributed by atoms with Gasteiger partial charge in [-0.15, -0.1) is 0 Å². The summed E-state index contributed by atoms with van der Waals surface area (Å²) >= 11 is 0. The second kappa shape index (κ2) is 12.4. The number of methoxy groups -OCH3 is 3. The second-order valence-corrected chi connectivity index (χ2v) is 9.79. The first-order valence-electron chi connectivity index (χ1n) is 13.4. The highest BCUT2D eigenvalue weighted by Crippen LogP contribution is 2.40. The van der Waals surface area contributed by atoms with Gasteiger partial charge in [0.15, 0.2) is 17.2 Å². The minimum atomic E-state index is -0.0635. The zero-order valence-corrected chi connectivity index (χ0v) is 23.0. The Morgan fingerprint density at radius 2 is 1.46 bits per heavy atom. The lowest BCUT2D eigenvalue weighted by molar-refractivity contribution is 0.0740. The molecule has 0 aliphatic carbocycles. The predicted octanol–water partition coefficient (Wildman–Crippen LogP) is 2.98. The third-order valence-corrected chi connectivity index (χ3v) is 7.46. The summed E-state index contributed by atoms with van der Waals surface area (Å²) in [4.78, 5) is 26.4. The van der Waals surface area contributed by atoms with E-state index < -0.39 is 0 Å². The number of oxazole rings is 1. The molecule has 2 fully saturated rings. The number of hydrogen-bond acceptors (Lipinski definition) is 9. The third kappa shape index (κ3) is 6.12. The quantitative estimate of drug-likeness (QED) is 0.411. The molecule has 208 valence electrons. The Morgan fingerprint density at radius 1 is 0.795 bits per heavy atom. The van der Waals surface area contributed by atoms with E-state index in [2.05, 4.69) is 31.8 Å². The van der Waals surface area contributed by atoms with E-state index in [1.165, 1.54) is 12.0 Å². The van der Waals surface area contributed by atoms with Gasteiger partial charge in [-0.05, 0) is 18.2 Å². The van der Waals surface area contributed by atoms with Crippen LogP contribution in [0.1, 0.15) is 21.9 Å². The summed E-state index contributed by atoms with van der Waals surface area (Å²) in [5.74, 6) is 2.49. The second-order valence-electron chi connectivity index (χ2n) is 9.79. The third-order valence-electron chi connectivity index (χ3n) is 7.46. The van der Waals surface area contributed by atoms with E-state index >= 15 is 0 Å². The summed E-state index contributed by atoms with van der Waals surface area (Å²) in [6.07, 6.45) is 1.50. The molecule has 3 aromatic rings. The summed E-state index contributed by atoms with van der Waals surface area (Å²) < 4.78 is 22.3. The molecule has 0 atom stereocenters. The number of nitrogens with zero attached hydrogens (tertiary/aromatic N) is 5. The molecule has 3 heterocycles. The molecule has 2 saturated heterocycles. The van der Waals surface area contributed by atoms with Crippen molar-refractivity contribution in [1.82, 2.24) is 19.7 Å². The van der Waals surface area contributed by atoms with Crippen molar-refractivity contribution in [2.75, 3.05) is 78.6 Å². The topological polar surface area (TPSA) is 83.8 Å². The molecule has 0 saturated carbocycles. The highest BCUT2D eigenvalue weighted by atomic mass is 16.5. The van der Waals surface area contributed by atoms with Gasteiger partial charge in [-0.25, -0.2) is 4.98 Å². The number of amides is 1. The number of hydrogen-bond donors (Lipinski definition) is 0. The summed E-state index contributed by atoms with van der Waals surface area (Å²) in [6, 6.07) is 14.3. The van der Waals surface area contributed by atoms with Crippen molar-refractivity contribution in [3.8, 4) is 17.2 Å². The Labute approximate surface area is 229 Å². The Balaban J connectivity index is 1.10. The molecular weight excluding hydrogens is 498 g/mol. The highest BCUT2D eigenvalue weighted by molar-refractivity contribution is 5.92. The van der Waals surface area contributed by atoms with E-state index in [1.807, 2.05) is 35.2 Å². The first-order chi connectivity index (χ1) is 19.1. The Kier molecular flexibility index (Phi) is 8.53. The number of anilines is 1. The molecule has 2 aliphatic heterocycles. The molecule has 10 heteroatoms. The number of carbonyl (C=O) groups excluding carboxylic acids is 1. The summed E-state index contributed by atoms with van der Waals surface area (Å²) in [7, 11) is 4.89. The zero-order valence-electron chi connectivity index (χ0n) is 23.0. The number of ether oxygens (including phenoxy) is 3. The van der Waals surface area contributed by atoms with Gasteiger partial charge in [-0.3, -0.25) is 14.6 Å². The van der Waals surface area contributed by atoms with Crippen LogP contribution < -0.4 is 19.1 Å². The maximum atomic E-state index is 13.0. The predicted molar refractivity (Wildman–Crippen MR) is 148 cm³/mol. The molecule has 0 spiro atoms. The maximum Gasteiger partial charge on any atom is 0.275 e. The molecule has 10 nitrogen and oxygen atoms in total. The summed E-state index contributed by atoms with van der Waals surface area (Å²) in [5.41, 5.74) is 2.64. The van der Waals surface area contributed by atoms with E-state index in [9.17, 15) is 4.79 Å². The van der Waals surface area contributed by atoms with E-state index in [4.69, 9.17) is 18.6 Å². The van der Waals surface area contributed by atoms with Crippen LogP contribution in [0.3, 0.4) is 0 Å². The van der Waals surface area contributed by atoms with Crippen molar-refractivity contribution in [3.63, 3.8) is 0 Å². The Hall–Kier alpha value is -3.76. The average molecular weight is 536 g/mol. The Bertz CT molecular complexity index is 1230. The van der Waals surface area contributed by atoms with Gasteiger partial charge in [-0.2, -0.15) is 0 Å². The van der Waals surface area contributed by atoms with E-state index in [-0.39, 0.29) is 5.91 Å². The molecule has 0 N–H and O–H groups in total. The summed E-state index contributed by atoms with van der Waals surface area (Å²) in [6.45, 7) is 7.84. The van der Waals surface area contributed by atoms with Crippen molar-refractivity contribution in [2.24, 2.45) is 0 Å². The number of rotatable bonds is 9. The molecule has 5 rings (SSSR count). The molecule has 1 aromatic heterocycles. The number of carbonyl (C=O) groups is 1. The molecule has 39 heavy (non-hydrogen) atoms. The van der Waals surface area contributed by atoms with E-state index in [0.717, 1.165) is 51.4 Å². The molecular formula is C29H37N5O5. The fourth-order valence-corrected chi connectivity index (χ4v) is 5.28. The van der Waals surface area contributed by atoms with Crippen LogP contribution in [0, 0.1) is 0 Å². The number of piperazine rings is 2. The minimum absolute atomic E-state index is 0.0635. The average Bonchev–Trinajstić information content (AvgIpc) is 3.46.